The Morgan fingerprint density at radius 1 is 1.29 bits per heavy atom. The molecule has 0 aliphatic carbocycles. The largest absolute Gasteiger partial charge is 0.353 e. The lowest BCUT2D eigenvalue weighted by molar-refractivity contribution is -0.124. The summed E-state index contributed by atoms with van der Waals surface area (Å²) in [5.74, 6) is 0.299. The van der Waals surface area contributed by atoms with Gasteiger partial charge < -0.3 is 5.32 Å². The topological polar surface area (TPSA) is 29.1 Å². The molecule has 1 aromatic rings. The molecule has 0 saturated heterocycles. The van der Waals surface area contributed by atoms with Crippen LogP contribution in [0.5, 0.6) is 0 Å². The van der Waals surface area contributed by atoms with E-state index in [1.165, 1.54) is 5.56 Å². The zero-order valence-corrected chi connectivity index (χ0v) is 11.2. The van der Waals surface area contributed by atoms with Gasteiger partial charge in [0.25, 0.3) is 0 Å². The van der Waals surface area contributed by atoms with Gasteiger partial charge >= 0.3 is 0 Å². The predicted molar refractivity (Wildman–Crippen MR) is 72.3 cm³/mol. The fourth-order valence-corrected chi connectivity index (χ4v) is 1.70. The van der Waals surface area contributed by atoms with Gasteiger partial charge in [-0.05, 0) is 25.3 Å². The van der Waals surface area contributed by atoms with E-state index in [1.54, 1.807) is 0 Å². The Morgan fingerprint density at radius 2 is 1.94 bits per heavy atom. The first-order chi connectivity index (χ1) is 8.13. The molecule has 0 saturated carbocycles. The summed E-state index contributed by atoms with van der Waals surface area (Å²) in [5.41, 5.74) is 1.30. The monoisotopic (exact) mass is 253 g/mol. The van der Waals surface area contributed by atoms with Gasteiger partial charge in [0.05, 0.1) is 0 Å². The first-order valence-electron chi connectivity index (χ1n) is 6.03. The number of hydrogen-bond acceptors (Lipinski definition) is 1. The maximum atomic E-state index is 11.6. The van der Waals surface area contributed by atoms with Crippen molar-refractivity contribution in [2.75, 3.05) is 5.88 Å². The minimum Gasteiger partial charge on any atom is -0.353 e. The molecule has 2 atom stereocenters. The standard InChI is InChI=1S/C14H20ClNO/c1-11(10-15)14(17)16-12(2)8-9-13-6-4-3-5-7-13/h3-7,11-12H,8-10H2,1-2H3,(H,16,17). The molecule has 17 heavy (non-hydrogen) atoms. The van der Waals surface area contributed by atoms with Gasteiger partial charge in [0.1, 0.15) is 0 Å². The van der Waals surface area contributed by atoms with Crippen LogP contribution < -0.4 is 5.32 Å². The Bertz CT molecular complexity index is 339. The van der Waals surface area contributed by atoms with E-state index in [9.17, 15) is 4.79 Å². The number of hydrogen-bond donors (Lipinski definition) is 1. The molecule has 0 spiro atoms. The van der Waals surface area contributed by atoms with Gasteiger partial charge in [-0.2, -0.15) is 0 Å². The predicted octanol–water partition coefficient (Wildman–Crippen LogP) is 3.00. The molecule has 3 heteroatoms. The summed E-state index contributed by atoms with van der Waals surface area (Å²) < 4.78 is 0. The summed E-state index contributed by atoms with van der Waals surface area (Å²) in [6.07, 6.45) is 1.93. The highest BCUT2D eigenvalue weighted by Gasteiger charge is 2.13. The minimum absolute atomic E-state index is 0.0422. The van der Waals surface area contributed by atoms with Gasteiger partial charge in [0.15, 0.2) is 0 Å². The number of benzene rings is 1. The summed E-state index contributed by atoms with van der Waals surface area (Å²) in [4.78, 5) is 11.6. The number of aryl methyl sites for hydroxylation is 1. The first kappa shape index (κ1) is 14.0. The zero-order valence-electron chi connectivity index (χ0n) is 10.4. The van der Waals surface area contributed by atoms with Crippen LogP contribution in [-0.2, 0) is 11.2 Å². The van der Waals surface area contributed by atoms with Gasteiger partial charge in [-0.3, -0.25) is 4.79 Å². The Balaban J connectivity index is 2.30. The summed E-state index contributed by atoms with van der Waals surface area (Å²) >= 11 is 5.64. The number of amides is 1. The third kappa shape index (κ3) is 5.22. The minimum atomic E-state index is -0.115. The fraction of sp³-hybridized carbons (Fsp3) is 0.500. The second-order valence-corrected chi connectivity index (χ2v) is 4.80. The average Bonchev–Trinajstić information content (AvgIpc) is 2.36. The Hall–Kier alpha value is -1.02. The SMILES string of the molecule is CC(CCc1ccccc1)NC(=O)C(C)CCl. The molecule has 0 aliphatic heterocycles. The highest BCUT2D eigenvalue weighted by Crippen LogP contribution is 2.06. The van der Waals surface area contributed by atoms with Crippen LogP contribution in [0.3, 0.4) is 0 Å². The molecular formula is C14H20ClNO. The van der Waals surface area contributed by atoms with Gasteiger partial charge in [-0.25, -0.2) is 0 Å². The molecule has 1 N–H and O–H groups in total. The van der Waals surface area contributed by atoms with Crippen molar-refractivity contribution in [2.24, 2.45) is 5.92 Å². The highest BCUT2D eigenvalue weighted by atomic mass is 35.5. The highest BCUT2D eigenvalue weighted by molar-refractivity contribution is 6.19. The van der Waals surface area contributed by atoms with Crippen molar-refractivity contribution in [3.63, 3.8) is 0 Å². The van der Waals surface area contributed by atoms with Crippen molar-refractivity contribution in [1.29, 1.82) is 0 Å². The number of carbonyl (C=O) groups is 1. The number of carbonyl (C=O) groups excluding carboxylic acids is 1. The Kier molecular flexibility index (Phi) is 6.06. The van der Waals surface area contributed by atoms with Crippen molar-refractivity contribution in [3.8, 4) is 0 Å². The number of halogens is 1. The lowest BCUT2D eigenvalue weighted by atomic mass is 10.1. The molecule has 0 heterocycles. The van der Waals surface area contributed by atoms with E-state index in [2.05, 4.69) is 17.4 Å². The maximum absolute atomic E-state index is 11.6. The average molecular weight is 254 g/mol. The van der Waals surface area contributed by atoms with Crippen LogP contribution in [0.25, 0.3) is 0 Å². The number of nitrogens with one attached hydrogen (secondary N) is 1. The van der Waals surface area contributed by atoms with Crippen molar-refractivity contribution in [2.45, 2.75) is 32.7 Å². The van der Waals surface area contributed by atoms with Crippen molar-refractivity contribution < 1.29 is 4.79 Å². The molecular weight excluding hydrogens is 234 g/mol. The summed E-state index contributed by atoms with van der Waals surface area (Å²) in [5, 5.41) is 2.98. The van der Waals surface area contributed by atoms with Crippen LogP contribution in [0.1, 0.15) is 25.8 Å². The third-order valence-electron chi connectivity index (χ3n) is 2.78. The summed E-state index contributed by atoms with van der Waals surface area (Å²) in [6.45, 7) is 3.87. The second kappa shape index (κ2) is 7.33. The van der Waals surface area contributed by atoms with Crippen LogP contribution in [0.15, 0.2) is 30.3 Å². The molecule has 94 valence electrons. The molecule has 2 unspecified atom stereocenters. The molecule has 1 rings (SSSR count). The third-order valence-corrected chi connectivity index (χ3v) is 3.24. The van der Waals surface area contributed by atoms with E-state index in [-0.39, 0.29) is 17.9 Å². The van der Waals surface area contributed by atoms with Crippen LogP contribution in [-0.4, -0.2) is 17.8 Å². The Morgan fingerprint density at radius 3 is 2.53 bits per heavy atom. The van der Waals surface area contributed by atoms with Gasteiger partial charge in [-0.1, -0.05) is 37.3 Å². The van der Waals surface area contributed by atoms with E-state index in [4.69, 9.17) is 11.6 Å². The Labute approximate surface area is 108 Å². The molecule has 0 radical (unpaired) electrons. The van der Waals surface area contributed by atoms with E-state index in [1.807, 2.05) is 32.0 Å². The second-order valence-electron chi connectivity index (χ2n) is 4.49. The molecule has 0 bridgehead atoms. The summed E-state index contributed by atoms with van der Waals surface area (Å²) in [7, 11) is 0. The molecule has 0 aliphatic rings. The fourth-order valence-electron chi connectivity index (χ4n) is 1.56. The molecule has 0 fully saturated rings. The van der Waals surface area contributed by atoms with Crippen LogP contribution in [0.4, 0.5) is 0 Å². The van der Waals surface area contributed by atoms with Gasteiger partial charge in [0, 0.05) is 17.8 Å². The van der Waals surface area contributed by atoms with E-state index >= 15 is 0 Å². The molecule has 1 aromatic carbocycles. The van der Waals surface area contributed by atoms with Crippen molar-refractivity contribution >= 4 is 17.5 Å². The van der Waals surface area contributed by atoms with Crippen molar-refractivity contribution in [3.05, 3.63) is 35.9 Å². The number of alkyl halides is 1. The lowest BCUT2D eigenvalue weighted by Gasteiger charge is -2.16. The van der Waals surface area contributed by atoms with E-state index < -0.39 is 0 Å². The normalized spacial score (nSPS) is 14.1. The zero-order chi connectivity index (χ0) is 12.7. The van der Waals surface area contributed by atoms with Gasteiger partial charge in [0.2, 0.25) is 5.91 Å². The lowest BCUT2D eigenvalue weighted by Crippen LogP contribution is -2.37. The number of rotatable bonds is 6. The first-order valence-corrected chi connectivity index (χ1v) is 6.57. The van der Waals surface area contributed by atoms with Crippen LogP contribution in [0.2, 0.25) is 0 Å². The van der Waals surface area contributed by atoms with Crippen molar-refractivity contribution in [1.82, 2.24) is 5.32 Å². The smallest absolute Gasteiger partial charge is 0.224 e. The van der Waals surface area contributed by atoms with E-state index in [0.29, 0.717) is 5.88 Å². The summed E-state index contributed by atoms with van der Waals surface area (Å²) in [6, 6.07) is 10.5. The van der Waals surface area contributed by atoms with Crippen LogP contribution >= 0.6 is 11.6 Å². The van der Waals surface area contributed by atoms with Crippen LogP contribution in [0, 0.1) is 5.92 Å². The van der Waals surface area contributed by atoms with E-state index in [0.717, 1.165) is 12.8 Å². The maximum Gasteiger partial charge on any atom is 0.224 e. The molecule has 2 nitrogen and oxygen atoms in total. The quantitative estimate of drug-likeness (QED) is 0.776. The molecule has 1 amide bonds. The van der Waals surface area contributed by atoms with Gasteiger partial charge in [-0.15, -0.1) is 11.6 Å². The molecule has 0 aromatic heterocycles.